The van der Waals surface area contributed by atoms with Crippen molar-refractivity contribution in [3.8, 4) is 0 Å². The molecule has 0 aromatic heterocycles. The second-order valence-electron chi connectivity index (χ2n) is 4.89. The first-order chi connectivity index (χ1) is 8.08. The lowest BCUT2D eigenvalue weighted by Crippen LogP contribution is -2.31. The molecule has 2 N–H and O–H groups in total. The summed E-state index contributed by atoms with van der Waals surface area (Å²) < 4.78 is 0. The van der Waals surface area contributed by atoms with E-state index in [2.05, 4.69) is 43.5 Å². The average Bonchev–Trinajstić information content (AvgIpc) is 2.41. The van der Waals surface area contributed by atoms with Crippen LogP contribution in [0.15, 0.2) is 12.1 Å². The summed E-state index contributed by atoms with van der Waals surface area (Å²) in [6.07, 6.45) is 0.570. The quantitative estimate of drug-likeness (QED) is 0.774. The molecule has 2 rings (SSSR count). The van der Waals surface area contributed by atoms with Crippen molar-refractivity contribution in [2.24, 2.45) is 0 Å². The van der Waals surface area contributed by atoms with E-state index in [0.29, 0.717) is 6.42 Å². The monoisotopic (exact) mass is 232 g/mol. The van der Waals surface area contributed by atoms with E-state index in [4.69, 9.17) is 0 Å². The lowest BCUT2D eigenvalue weighted by atomic mass is 9.94. The molecule has 1 aromatic carbocycles. The fraction of sp³-hybridized carbons (Fsp3) is 0.500. The van der Waals surface area contributed by atoms with Crippen molar-refractivity contribution in [3.05, 3.63) is 34.4 Å². The largest absolute Gasteiger partial charge is 0.348 e. The highest BCUT2D eigenvalue weighted by atomic mass is 16.1. The molecule has 1 atom stereocenters. The first kappa shape index (κ1) is 12.1. The molecule has 3 heteroatoms. The molecular formula is C14H20N2O. The number of amides is 1. The highest BCUT2D eigenvalue weighted by Gasteiger charge is 2.20. The third-order valence-electron chi connectivity index (χ3n) is 3.30. The van der Waals surface area contributed by atoms with Gasteiger partial charge in [-0.05, 0) is 37.5 Å². The average molecular weight is 232 g/mol. The van der Waals surface area contributed by atoms with Crippen LogP contribution in [-0.4, -0.2) is 19.0 Å². The van der Waals surface area contributed by atoms with E-state index in [1.807, 2.05) is 0 Å². The number of hydrogen-bond donors (Lipinski definition) is 2. The van der Waals surface area contributed by atoms with Crippen LogP contribution in [0.3, 0.4) is 0 Å². The second-order valence-corrected chi connectivity index (χ2v) is 4.89. The van der Waals surface area contributed by atoms with Crippen LogP contribution < -0.4 is 10.6 Å². The minimum absolute atomic E-state index is 0.102. The first-order valence-corrected chi connectivity index (χ1v) is 6.16. The number of carbonyl (C=O) groups is 1. The summed E-state index contributed by atoms with van der Waals surface area (Å²) >= 11 is 0. The van der Waals surface area contributed by atoms with Gasteiger partial charge in [0.1, 0.15) is 0 Å². The van der Waals surface area contributed by atoms with E-state index >= 15 is 0 Å². The summed E-state index contributed by atoms with van der Waals surface area (Å²) in [6, 6.07) is 4.46. The van der Waals surface area contributed by atoms with Crippen LogP contribution in [0.2, 0.25) is 0 Å². The zero-order valence-corrected chi connectivity index (χ0v) is 10.8. The summed E-state index contributed by atoms with van der Waals surface area (Å²) in [5, 5.41) is 6.41. The van der Waals surface area contributed by atoms with Crippen molar-refractivity contribution in [1.29, 1.82) is 0 Å². The number of carbonyl (C=O) groups excluding carboxylic acids is 1. The van der Waals surface area contributed by atoms with Gasteiger partial charge in [0.2, 0.25) is 5.91 Å². The van der Waals surface area contributed by atoms with Crippen molar-refractivity contribution >= 4 is 5.91 Å². The maximum absolute atomic E-state index is 11.6. The van der Waals surface area contributed by atoms with Gasteiger partial charge in [0.15, 0.2) is 0 Å². The minimum atomic E-state index is 0.102. The van der Waals surface area contributed by atoms with Crippen molar-refractivity contribution < 1.29 is 4.79 Å². The van der Waals surface area contributed by atoms with Gasteiger partial charge in [0, 0.05) is 19.5 Å². The predicted molar refractivity (Wildman–Crippen MR) is 69.0 cm³/mol. The summed E-state index contributed by atoms with van der Waals surface area (Å²) in [5.41, 5.74) is 5.06. The SMILES string of the molecule is Cc1cc(C)c(C2CNCCC(=O)N2)c(C)c1. The Morgan fingerprint density at radius 2 is 1.82 bits per heavy atom. The van der Waals surface area contributed by atoms with Crippen molar-refractivity contribution in [2.75, 3.05) is 13.1 Å². The Kier molecular flexibility index (Phi) is 3.48. The van der Waals surface area contributed by atoms with Gasteiger partial charge in [0.25, 0.3) is 0 Å². The molecule has 1 aromatic rings. The molecule has 17 heavy (non-hydrogen) atoms. The van der Waals surface area contributed by atoms with Gasteiger partial charge < -0.3 is 10.6 Å². The van der Waals surface area contributed by atoms with Crippen molar-refractivity contribution in [3.63, 3.8) is 0 Å². The van der Waals surface area contributed by atoms with Crippen molar-refractivity contribution in [1.82, 2.24) is 10.6 Å². The smallest absolute Gasteiger partial charge is 0.221 e. The molecule has 1 saturated heterocycles. The molecule has 0 bridgehead atoms. The number of aryl methyl sites for hydroxylation is 3. The zero-order valence-electron chi connectivity index (χ0n) is 10.8. The Hall–Kier alpha value is -1.35. The highest BCUT2D eigenvalue weighted by molar-refractivity contribution is 5.77. The summed E-state index contributed by atoms with van der Waals surface area (Å²) in [7, 11) is 0. The van der Waals surface area contributed by atoms with Crippen LogP contribution in [-0.2, 0) is 4.79 Å². The van der Waals surface area contributed by atoms with Gasteiger partial charge in [-0.2, -0.15) is 0 Å². The topological polar surface area (TPSA) is 41.1 Å². The third-order valence-corrected chi connectivity index (χ3v) is 3.30. The van der Waals surface area contributed by atoms with E-state index in [-0.39, 0.29) is 11.9 Å². The van der Waals surface area contributed by atoms with Crippen LogP contribution >= 0.6 is 0 Å². The van der Waals surface area contributed by atoms with Crippen LogP contribution in [0.5, 0.6) is 0 Å². The lowest BCUT2D eigenvalue weighted by Gasteiger charge is -2.21. The normalized spacial score (nSPS) is 20.9. The summed E-state index contributed by atoms with van der Waals surface area (Å²) in [5.74, 6) is 0.138. The molecule has 1 heterocycles. The maximum Gasteiger partial charge on any atom is 0.221 e. The molecule has 0 spiro atoms. The van der Waals surface area contributed by atoms with Gasteiger partial charge in [-0.3, -0.25) is 4.79 Å². The maximum atomic E-state index is 11.6. The van der Waals surface area contributed by atoms with Crippen LogP contribution in [0, 0.1) is 20.8 Å². The highest BCUT2D eigenvalue weighted by Crippen LogP contribution is 2.24. The Balaban J connectivity index is 2.35. The van der Waals surface area contributed by atoms with Crippen molar-refractivity contribution in [2.45, 2.75) is 33.2 Å². The number of benzene rings is 1. The first-order valence-electron chi connectivity index (χ1n) is 6.16. The summed E-state index contributed by atoms with van der Waals surface area (Å²) in [6.45, 7) is 7.93. The molecular weight excluding hydrogens is 212 g/mol. The van der Waals surface area contributed by atoms with Crippen LogP contribution in [0.25, 0.3) is 0 Å². The Labute approximate surface area is 103 Å². The van der Waals surface area contributed by atoms with E-state index in [1.54, 1.807) is 0 Å². The van der Waals surface area contributed by atoms with E-state index in [9.17, 15) is 4.79 Å². The third kappa shape index (κ3) is 2.67. The van der Waals surface area contributed by atoms with E-state index in [0.717, 1.165) is 13.1 Å². The molecule has 0 radical (unpaired) electrons. The molecule has 1 amide bonds. The summed E-state index contributed by atoms with van der Waals surface area (Å²) in [4.78, 5) is 11.6. The van der Waals surface area contributed by atoms with Gasteiger partial charge in [-0.1, -0.05) is 17.7 Å². The van der Waals surface area contributed by atoms with Gasteiger partial charge >= 0.3 is 0 Å². The lowest BCUT2D eigenvalue weighted by molar-refractivity contribution is -0.121. The van der Waals surface area contributed by atoms with Crippen LogP contribution in [0.4, 0.5) is 0 Å². The molecule has 3 nitrogen and oxygen atoms in total. The molecule has 1 fully saturated rings. The van der Waals surface area contributed by atoms with Gasteiger partial charge in [-0.15, -0.1) is 0 Å². The zero-order chi connectivity index (χ0) is 12.4. The van der Waals surface area contributed by atoms with Crippen LogP contribution in [0.1, 0.15) is 34.7 Å². The minimum Gasteiger partial charge on any atom is -0.348 e. The fourth-order valence-electron chi connectivity index (χ4n) is 2.68. The molecule has 92 valence electrons. The van der Waals surface area contributed by atoms with Gasteiger partial charge in [0.05, 0.1) is 6.04 Å². The molecule has 1 aliphatic heterocycles. The Morgan fingerprint density at radius 3 is 2.47 bits per heavy atom. The molecule has 0 saturated carbocycles. The van der Waals surface area contributed by atoms with E-state index in [1.165, 1.54) is 22.3 Å². The molecule has 1 unspecified atom stereocenters. The second kappa shape index (κ2) is 4.88. The Morgan fingerprint density at radius 1 is 1.18 bits per heavy atom. The fourth-order valence-corrected chi connectivity index (χ4v) is 2.68. The van der Waals surface area contributed by atoms with Gasteiger partial charge in [-0.25, -0.2) is 0 Å². The number of nitrogens with one attached hydrogen (secondary N) is 2. The number of rotatable bonds is 1. The standard InChI is InChI=1S/C14H20N2O/c1-9-6-10(2)14(11(3)7-9)12-8-15-5-4-13(17)16-12/h6-7,12,15H,4-5,8H2,1-3H3,(H,16,17). The Bertz CT molecular complexity index is 417. The predicted octanol–water partition coefficient (Wildman–Crippen LogP) is 1.76. The number of hydrogen-bond acceptors (Lipinski definition) is 2. The molecule has 1 aliphatic rings. The molecule has 0 aliphatic carbocycles. The van der Waals surface area contributed by atoms with E-state index < -0.39 is 0 Å².